The van der Waals surface area contributed by atoms with Crippen molar-refractivity contribution in [3.8, 4) is 5.88 Å². The topological polar surface area (TPSA) is 104 Å². The van der Waals surface area contributed by atoms with Crippen LogP contribution in [0.2, 0.25) is 0 Å². The van der Waals surface area contributed by atoms with E-state index in [2.05, 4.69) is 20.0 Å². The first-order valence-corrected chi connectivity index (χ1v) is 8.87. The van der Waals surface area contributed by atoms with E-state index in [9.17, 15) is 13.6 Å². The number of alkyl halides is 2. The third-order valence-corrected chi connectivity index (χ3v) is 4.62. The van der Waals surface area contributed by atoms with E-state index in [0.29, 0.717) is 29.5 Å². The van der Waals surface area contributed by atoms with Gasteiger partial charge < -0.3 is 25.1 Å². The Morgan fingerprint density at radius 2 is 2.07 bits per heavy atom. The second-order valence-corrected chi connectivity index (χ2v) is 6.83. The summed E-state index contributed by atoms with van der Waals surface area (Å²) in [6.07, 6.45) is 3.57. The zero-order valence-electron chi connectivity index (χ0n) is 15.9. The number of anilines is 3. The fraction of sp³-hybridized carbons (Fsp3) is 0.500. The van der Waals surface area contributed by atoms with Crippen molar-refractivity contribution in [1.82, 2.24) is 14.5 Å². The number of ether oxygens (including phenoxy) is 2. The van der Waals surface area contributed by atoms with E-state index in [0.717, 1.165) is 12.8 Å². The monoisotopic (exact) mass is 395 g/mol. The molecule has 1 atom stereocenters. The Morgan fingerprint density at radius 1 is 1.36 bits per heavy atom. The van der Waals surface area contributed by atoms with Crippen molar-refractivity contribution in [2.45, 2.75) is 39.3 Å². The lowest BCUT2D eigenvalue weighted by molar-refractivity contribution is -0.0533. The lowest BCUT2D eigenvalue weighted by atomic mass is 10.2. The number of nitrogen functional groups attached to an aromatic ring is 1. The van der Waals surface area contributed by atoms with Crippen LogP contribution in [0.1, 0.15) is 30.1 Å². The molecule has 3 N–H and O–H groups in total. The van der Waals surface area contributed by atoms with E-state index >= 15 is 0 Å². The molecule has 2 aromatic heterocycles. The molecule has 0 unspecified atom stereocenters. The predicted octanol–water partition coefficient (Wildman–Crippen LogP) is 2.78. The molecule has 1 aliphatic rings. The number of nitrogens with one attached hydrogen (secondary N) is 1. The maximum absolute atomic E-state index is 13.0. The van der Waals surface area contributed by atoms with Crippen LogP contribution in [0.25, 0.3) is 0 Å². The van der Waals surface area contributed by atoms with Crippen molar-refractivity contribution in [1.29, 1.82) is 0 Å². The third kappa shape index (κ3) is 4.38. The quantitative estimate of drug-likeness (QED) is 0.708. The molecule has 0 saturated heterocycles. The lowest BCUT2D eigenvalue weighted by Gasteiger charge is -2.20. The maximum Gasteiger partial charge on any atom is 0.388 e. The summed E-state index contributed by atoms with van der Waals surface area (Å²) in [6, 6.07) is 1.45. The zero-order valence-corrected chi connectivity index (χ0v) is 15.9. The van der Waals surface area contributed by atoms with Gasteiger partial charge in [0.2, 0.25) is 5.88 Å². The highest BCUT2D eigenvalue weighted by Crippen LogP contribution is 2.39. The first-order chi connectivity index (χ1) is 13.3. The van der Waals surface area contributed by atoms with Gasteiger partial charge in [0.15, 0.2) is 5.82 Å². The number of pyridine rings is 1. The molecule has 2 aromatic rings. The van der Waals surface area contributed by atoms with Gasteiger partial charge in [-0.3, -0.25) is 4.79 Å². The molecule has 3 rings (SSSR count). The van der Waals surface area contributed by atoms with E-state index in [1.54, 1.807) is 31.6 Å². The number of hydrogen-bond acceptors (Lipinski definition) is 7. The highest BCUT2D eigenvalue weighted by Gasteiger charge is 2.33. The van der Waals surface area contributed by atoms with E-state index in [1.807, 2.05) is 0 Å². The fourth-order valence-electron chi connectivity index (χ4n) is 3.09. The van der Waals surface area contributed by atoms with Crippen molar-refractivity contribution in [2.24, 2.45) is 5.92 Å². The minimum absolute atomic E-state index is 0.0357. The summed E-state index contributed by atoms with van der Waals surface area (Å²) in [5, 5.41) is 2.93. The van der Waals surface area contributed by atoms with Crippen LogP contribution in [-0.2, 0) is 4.74 Å². The molecule has 1 fully saturated rings. The summed E-state index contributed by atoms with van der Waals surface area (Å²) < 4.78 is 36.2. The fourth-order valence-corrected chi connectivity index (χ4v) is 3.09. The normalized spacial score (nSPS) is 14.9. The molecule has 0 amide bonds. The van der Waals surface area contributed by atoms with Gasteiger partial charge in [0.05, 0.1) is 24.0 Å². The first kappa shape index (κ1) is 20.0. The molecule has 2 heterocycles. The van der Waals surface area contributed by atoms with Crippen LogP contribution >= 0.6 is 0 Å². The van der Waals surface area contributed by atoms with Gasteiger partial charge in [0, 0.05) is 18.9 Å². The van der Waals surface area contributed by atoms with Gasteiger partial charge >= 0.3 is 6.61 Å². The van der Waals surface area contributed by atoms with Crippen molar-refractivity contribution in [3.63, 3.8) is 0 Å². The zero-order chi connectivity index (χ0) is 20.4. The summed E-state index contributed by atoms with van der Waals surface area (Å²) in [7, 11) is 1.59. The van der Waals surface area contributed by atoms with Crippen LogP contribution in [0.15, 0.2) is 17.1 Å². The molecule has 0 radical (unpaired) electrons. The number of methoxy groups -OCH3 is 1. The van der Waals surface area contributed by atoms with E-state index in [1.165, 1.54) is 6.20 Å². The van der Waals surface area contributed by atoms with Crippen LogP contribution in [0.4, 0.5) is 26.1 Å². The number of aryl methyl sites for hydroxylation is 2. The molecule has 1 saturated carbocycles. The number of rotatable bonds is 8. The van der Waals surface area contributed by atoms with Gasteiger partial charge in [-0.15, -0.1) is 0 Å². The summed E-state index contributed by atoms with van der Waals surface area (Å²) >= 11 is 0. The number of hydrogen-bond donors (Lipinski definition) is 2. The minimum Gasteiger partial charge on any atom is -0.417 e. The average Bonchev–Trinajstić information content (AvgIpc) is 3.44. The van der Waals surface area contributed by atoms with Crippen LogP contribution in [0.5, 0.6) is 5.88 Å². The van der Waals surface area contributed by atoms with E-state index < -0.39 is 6.61 Å². The second kappa shape index (κ2) is 8.09. The van der Waals surface area contributed by atoms with Crippen LogP contribution < -0.4 is 21.3 Å². The molecule has 0 spiro atoms. The SMILES string of the molecule is COC[C@H](C1CC1)n1cc(N)nc(Nc2cc(C)c(OC(F)F)nc2C)c1=O. The van der Waals surface area contributed by atoms with Gasteiger partial charge in [-0.25, -0.2) is 9.97 Å². The molecule has 1 aliphatic carbocycles. The molecular weight excluding hydrogens is 372 g/mol. The van der Waals surface area contributed by atoms with Crippen molar-refractivity contribution < 1.29 is 18.3 Å². The molecule has 0 aromatic carbocycles. The van der Waals surface area contributed by atoms with Gasteiger partial charge in [-0.05, 0) is 38.7 Å². The molecule has 28 heavy (non-hydrogen) atoms. The molecule has 0 bridgehead atoms. The number of halogens is 2. The molecular formula is C18H23F2N5O3. The Labute approximate surface area is 160 Å². The van der Waals surface area contributed by atoms with Crippen molar-refractivity contribution in [3.05, 3.63) is 33.9 Å². The Kier molecular flexibility index (Phi) is 5.78. The number of nitrogens with zero attached hydrogens (tertiary/aromatic N) is 3. The standard InChI is InChI=1S/C18H23F2N5O3/c1-9-6-12(10(2)22-16(9)28-18(19)20)23-15-17(26)25(7-14(21)24-15)13(8-27-3)11-4-5-11/h6-7,11,13,18H,4-5,8,21H2,1-3H3,(H,23,24)/t13-/m1/s1. The maximum atomic E-state index is 13.0. The first-order valence-electron chi connectivity index (χ1n) is 8.87. The summed E-state index contributed by atoms with van der Waals surface area (Å²) in [6.45, 7) is 0.630. The second-order valence-electron chi connectivity index (χ2n) is 6.83. The highest BCUT2D eigenvalue weighted by atomic mass is 19.3. The molecule has 10 heteroatoms. The van der Waals surface area contributed by atoms with E-state index in [4.69, 9.17) is 10.5 Å². The largest absolute Gasteiger partial charge is 0.417 e. The van der Waals surface area contributed by atoms with Crippen LogP contribution in [-0.4, -0.2) is 34.9 Å². The Morgan fingerprint density at radius 3 is 2.68 bits per heavy atom. The van der Waals surface area contributed by atoms with Gasteiger partial charge in [0.1, 0.15) is 5.82 Å². The molecule has 152 valence electrons. The Hall–Kier alpha value is -2.75. The van der Waals surface area contributed by atoms with Gasteiger partial charge in [-0.2, -0.15) is 8.78 Å². The lowest BCUT2D eigenvalue weighted by Crippen LogP contribution is -2.31. The Balaban J connectivity index is 1.95. The summed E-state index contributed by atoms with van der Waals surface area (Å²) in [5.41, 5.74) is 6.80. The number of nitrogens with two attached hydrogens (primary N) is 1. The van der Waals surface area contributed by atoms with Gasteiger partial charge in [-0.1, -0.05) is 0 Å². The molecule has 0 aliphatic heterocycles. The predicted molar refractivity (Wildman–Crippen MR) is 100 cm³/mol. The van der Waals surface area contributed by atoms with Crippen molar-refractivity contribution >= 4 is 17.3 Å². The molecule has 8 nitrogen and oxygen atoms in total. The highest BCUT2D eigenvalue weighted by molar-refractivity contribution is 5.61. The summed E-state index contributed by atoms with van der Waals surface area (Å²) in [5.74, 6) is 0.422. The van der Waals surface area contributed by atoms with Crippen LogP contribution in [0, 0.1) is 19.8 Å². The average molecular weight is 395 g/mol. The van der Waals surface area contributed by atoms with Crippen LogP contribution in [0.3, 0.4) is 0 Å². The van der Waals surface area contributed by atoms with E-state index in [-0.39, 0.29) is 29.1 Å². The van der Waals surface area contributed by atoms with Gasteiger partial charge in [0.25, 0.3) is 5.56 Å². The summed E-state index contributed by atoms with van der Waals surface area (Å²) in [4.78, 5) is 21.1. The Bertz CT molecular complexity index is 915. The minimum atomic E-state index is -2.97. The van der Waals surface area contributed by atoms with Crippen molar-refractivity contribution in [2.75, 3.05) is 24.8 Å². The number of aromatic nitrogens is 3. The third-order valence-electron chi connectivity index (χ3n) is 4.62. The smallest absolute Gasteiger partial charge is 0.388 e.